The Labute approximate surface area is 84.6 Å². The molecule has 14 heavy (non-hydrogen) atoms. The van der Waals surface area contributed by atoms with Crippen LogP contribution >= 0.6 is 0 Å². The summed E-state index contributed by atoms with van der Waals surface area (Å²) in [7, 11) is 0. The summed E-state index contributed by atoms with van der Waals surface area (Å²) in [5.41, 5.74) is 0.893. The van der Waals surface area contributed by atoms with Gasteiger partial charge in [0, 0.05) is 12.6 Å². The number of hydrogen-bond donors (Lipinski definition) is 1. The van der Waals surface area contributed by atoms with E-state index in [1.807, 2.05) is 32.0 Å². The van der Waals surface area contributed by atoms with Crippen LogP contribution in [-0.4, -0.2) is 10.9 Å². The molecule has 0 aliphatic heterocycles. The van der Waals surface area contributed by atoms with Gasteiger partial charge in [-0.05, 0) is 18.1 Å². The molecular weight excluding hydrogens is 176 g/mol. The molecule has 0 aliphatic rings. The summed E-state index contributed by atoms with van der Waals surface area (Å²) in [5, 5.41) is 2.83. The highest BCUT2D eigenvalue weighted by molar-refractivity contribution is 5.75. The van der Waals surface area contributed by atoms with E-state index in [1.165, 1.54) is 0 Å². The average molecular weight is 192 g/mol. The summed E-state index contributed by atoms with van der Waals surface area (Å²) in [4.78, 5) is 15.4. The predicted molar refractivity (Wildman–Crippen MR) is 55.5 cm³/mol. The molecule has 0 bridgehead atoms. The van der Waals surface area contributed by atoms with Crippen molar-refractivity contribution in [2.45, 2.75) is 26.8 Å². The standard InChI is InChI=1S/C11H16N2O/c1-9(2)7-11(14)13-8-10-5-3-4-6-12-10/h3-6,9H,7-8H2,1-2H3,(H,13,14). The number of nitrogens with zero attached hydrogens (tertiary/aromatic N) is 1. The highest BCUT2D eigenvalue weighted by Gasteiger charge is 2.03. The molecule has 0 saturated heterocycles. The topological polar surface area (TPSA) is 42.0 Å². The van der Waals surface area contributed by atoms with E-state index in [-0.39, 0.29) is 5.91 Å². The summed E-state index contributed by atoms with van der Waals surface area (Å²) in [6.45, 7) is 4.58. The van der Waals surface area contributed by atoms with Gasteiger partial charge >= 0.3 is 0 Å². The minimum Gasteiger partial charge on any atom is -0.350 e. The van der Waals surface area contributed by atoms with Crippen molar-refractivity contribution in [1.82, 2.24) is 10.3 Å². The second-order valence-electron chi connectivity index (χ2n) is 3.70. The van der Waals surface area contributed by atoms with Crippen LogP contribution in [0.3, 0.4) is 0 Å². The van der Waals surface area contributed by atoms with Gasteiger partial charge < -0.3 is 5.32 Å². The molecule has 0 fully saturated rings. The van der Waals surface area contributed by atoms with Gasteiger partial charge in [-0.15, -0.1) is 0 Å². The molecule has 0 spiro atoms. The van der Waals surface area contributed by atoms with Gasteiger partial charge in [0.25, 0.3) is 0 Å². The van der Waals surface area contributed by atoms with E-state index >= 15 is 0 Å². The third-order valence-electron chi connectivity index (χ3n) is 1.79. The number of carbonyl (C=O) groups excluding carboxylic acids is 1. The number of amides is 1. The molecule has 0 unspecified atom stereocenters. The lowest BCUT2D eigenvalue weighted by atomic mass is 10.1. The quantitative estimate of drug-likeness (QED) is 0.789. The highest BCUT2D eigenvalue weighted by Crippen LogP contribution is 1.99. The van der Waals surface area contributed by atoms with Crippen molar-refractivity contribution < 1.29 is 4.79 Å². The van der Waals surface area contributed by atoms with E-state index in [2.05, 4.69) is 10.3 Å². The molecule has 1 amide bonds. The fraction of sp³-hybridized carbons (Fsp3) is 0.455. The Kier molecular flexibility index (Phi) is 4.11. The Hall–Kier alpha value is -1.38. The summed E-state index contributed by atoms with van der Waals surface area (Å²) in [6.07, 6.45) is 2.30. The van der Waals surface area contributed by atoms with Crippen LogP contribution in [0, 0.1) is 5.92 Å². The van der Waals surface area contributed by atoms with Crippen molar-refractivity contribution >= 4 is 5.91 Å². The monoisotopic (exact) mass is 192 g/mol. The van der Waals surface area contributed by atoms with E-state index in [4.69, 9.17) is 0 Å². The Balaban J connectivity index is 2.31. The number of nitrogens with one attached hydrogen (secondary N) is 1. The molecule has 1 N–H and O–H groups in total. The van der Waals surface area contributed by atoms with Crippen LogP contribution in [0.2, 0.25) is 0 Å². The molecule has 3 nitrogen and oxygen atoms in total. The maximum absolute atomic E-state index is 11.3. The number of aromatic nitrogens is 1. The number of pyridine rings is 1. The molecule has 0 aromatic carbocycles. The minimum atomic E-state index is 0.0886. The maximum Gasteiger partial charge on any atom is 0.220 e. The molecule has 0 radical (unpaired) electrons. The Morgan fingerprint density at radius 3 is 2.86 bits per heavy atom. The van der Waals surface area contributed by atoms with Gasteiger partial charge in [0.2, 0.25) is 5.91 Å². The van der Waals surface area contributed by atoms with Crippen LogP contribution in [-0.2, 0) is 11.3 Å². The Morgan fingerprint density at radius 1 is 1.50 bits per heavy atom. The van der Waals surface area contributed by atoms with Crippen molar-refractivity contribution in [3.05, 3.63) is 30.1 Å². The Morgan fingerprint density at radius 2 is 2.29 bits per heavy atom. The van der Waals surface area contributed by atoms with Gasteiger partial charge in [0.1, 0.15) is 0 Å². The molecule has 1 heterocycles. The van der Waals surface area contributed by atoms with Crippen LogP contribution in [0.15, 0.2) is 24.4 Å². The summed E-state index contributed by atoms with van der Waals surface area (Å²) < 4.78 is 0. The third kappa shape index (κ3) is 4.03. The number of rotatable bonds is 4. The second-order valence-corrected chi connectivity index (χ2v) is 3.70. The van der Waals surface area contributed by atoms with Crippen molar-refractivity contribution in [2.24, 2.45) is 5.92 Å². The van der Waals surface area contributed by atoms with E-state index in [0.29, 0.717) is 18.9 Å². The van der Waals surface area contributed by atoms with Gasteiger partial charge in [-0.2, -0.15) is 0 Å². The summed E-state index contributed by atoms with van der Waals surface area (Å²) in [6, 6.07) is 5.67. The first-order chi connectivity index (χ1) is 6.68. The SMILES string of the molecule is CC(C)CC(=O)NCc1ccccn1. The van der Waals surface area contributed by atoms with Gasteiger partial charge in [-0.1, -0.05) is 19.9 Å². The molecule has 3 heteroatoms. The lowest BCUT2D eigenvalue weighted by Gasteiger charge is -2.06. The van der Waals surface area contributed by atoms with Gasteiger partial charge in [-0.25, -0.2) is 0 Å². The van der Waals surface area contributed by atoms with Gasteiger partial charge in [0.15, 0.2) is 0 Å². The predicted octanol–water partition coefficient (Wildman–Crippen LogP) is 1.74. The smallest absolute Gasteiger partial charge is 0.220 e. The second kappa shape index (κ2) is 5.37. The maximum atomic E-state index is 11.3. The first-order valence-electron chi connectivity index (χ1n) is 4.85. The summed E-state index contributed by atoms with van der Waals surface area (Å²) >= 11 is 0. The first kappa shape index (κ1) is 10.7. The molecule has 76 valence electrons. The zero-order valence-electron chi connectivity index (χ0n) is 8.66. The molecule has 1 aromatic rings. The molecule has 1 rings (SSSR count). The molecule has 0 saturated carbocycles. The first-order valence-corrected chi connectivity index (χ1v) is 4.85. The summed E-state index contributed by atoms with van der Waals surface area (Å²) in [5.74, 6) is 0.490. The zero-order chi connectivity index (χ0) is 10.4. The van der Waals surface area contributed by atoms with Crippen molar-refractivity contribution in [3.8, 4) is 0 Å². The molecule has 0 aliphatic carbocycles. The highest BCUT2D eigenvalue weighted by atomic mass is 16.1. The van der Waals surface area contributed by atoms with Gasteiger partial charge in [0.05, 0.1) is 12.2 Å². The van der Waals surface area contributed by atoms with Crippen LogP contribution in [0.4, 0.5) is 0 Å². The van der Waals surface area contributed by atoms with Crippen molar-refractivity contribution in [2.75, 3.05) is 0 Å². The van der Waals surface area contributed by atoms with Crippen molar-refractivity contribution in [3.63, 3.8) is 0 Å². The number of hydrogen-bond acceptors (Lipinski definition) is 2. The lowest BCUT2D eigenvalue weighted by molar-refractivity contribution is -0.121. The third-order valence-corrected chi connectivity index (χ3v) is 1.79. The average Bonchev–Trinajstić information content (AvgIpc) is 2.15. The van der Waals surface area contributed by atoms with Crippen LogP contribution in [0.25, 0.3) is 0 Å². The molecule has 1 aromatic heterocycles. The zero-order valence-corrected chi connectivity index (χ0v) is 8.66. The fourth-order valence-corrected chi connectivity index (χ4v) is 1.13. The lowest BCUT2D eigenvalue weighted by Crippen LogP contribution is -2.24. The van der Waals surface area contributed by atoms with E-state index in [0.717, 1.165) is 5.69 Å². The number of carbonyl (C=O) groups is 1. The van der Waals surface area contributed by atoms with E-state index < -0.39 is 0 Å². The normalized spacial score (nSPS) is 10.2. The fourth-order valence-electron chi connectivity index (χ4n) is 1.13. The molecular formula is C11H16N2O. The van der Waals surface area contributed by atoms with Crippen LogP contribution in [0.5, 0.6) is 0 Å². The Bertz CT molecular complexity index is 283. The molecule has 0 atom stereocenters. The van der Waals surface area contributed by atoms with E-state index in [1.54, 1.807) is 6.20 Å². The van der Waals surface area contributed by atoms with Crippen LogP contribution in [0.1, 0.15) is 26.0 Å². The van der Waals surface area contributed by atoms with Gasteiger partial charge in [-0.3, -0.25) is 9.78 Å². The minimum absolute atomic E-state index is 0.0886. The van der Waals surface area contributed by atoms with Crippen molar-refractivity contribution in [1.29, 1.82) is 0 Å². The van der Waals surface area contributed by atoms with E-state index in [9.17, 15) is 4.79 Å². The largest absolute Gasteiger partial charge is 0.350 e. The van der Waals surface area contributed by atoms with Crippen LogP contribution < -0.4 is 5.32 Å².